The lowest BCUT2D eigenvalue weighted by Gasteiger charge is -2.13. The highest BCUT2D eigenvalue weighted by Gasteiger charge is 2.34. The Morgan fingerprint density at radius 3 is 2.39 bits per heavy atom. The predicted octanol–water partition coefficient (Wildman–Crippen LogP) is 4.84. The highest BCUT2D eigenvalue weighted by molar-refractivity contribution is 8.18. The maximum Gasteiger partial charge on any atom is 0.339 e. The molecule has 0 aromatic heterocycles. The fraction of sp³-hybridized carbons (Fsp3) is 0.148. The van der Waals surface area contributed by atoms with Crippen LogP contribution in [-0.4, -0.2) is 43.5 Å². The van der Waals surface area contributed by atoms with Crippen molar-refractivity contribution in [2.45, 2.75) is 18.7 Å². The van der Waals surface area contributed by atoms with Crippen LogP contribution >= 0.6 is 11.8 Å². The smallest absolute Gasteiger partial charge is 0.339 e. The topological polar surface area (TPSA) is 119 Å². The molecule has 11 heteroatoms. The van der Waals surface area contributed by atoms with Crippen LogP contribution in [0.15, 0.2) is 82.6 Å². The molecule has 0 bridgehead atoms. The minimum Gasteiger partial charge on any atom is -0.492 e. The maximum absolute atomic E-state index is 12.8. The second-order valence-electron chi connectivity index (χ2n) is 8.31. The van der Waals surface area contributed by atoms with Crippen LogP contribution in [-0.2, 0) is 19.7 Å². The van der Waals surface area contributed by atoms with Gasteiger partial charge >= 0.3 is 10.1 Å². The van der Waals surface area contributed by atoms with Crippen LogP contribution in [0.5, 0.6) is 11.5 Å². The molecule has 0 radical (unpaired) electrons. The highest BCUT2D eigenvalue weighted by atomic mass is 32.2. The van der Waals surface area contributed by atoms with Gasteiger partial charge in [0.05, 0.1) is 11.4 Å². The molecule has 3 aromatic rings. The van der Waals surface area contributed by atoms with Gasteiger partial charge in [-0.3, -0.25) is 19.3 Å². The normalized spacial score (nSPS) is 14.6. The van der Waals surface area contributed by atoms with Gasteiger partial charge in [0.25, 0.3) is 11.1 Å². The van der Waals surface area contributed by atoms with E-state index >= 15 is 0 Å². The molecule has 0 atom stereocenters. The number of benzene rings is 3. The molecule has 1 saturated heterocycles. The van der Waals surface area contributed by atoms with Crippen molar-refractivity contribution < 1.29 is 31.7 Å². The first-order chi connectivity index (χ1) is 18.1. The number of amides is 3. The molecule has 4 rings (SSSR count). The minimum absolute atomic E-state index is 0.0374. The average Bonchev–Trinajstić information content (AvgIpc) is 3.12. The van der Waals surface area contributed by atoms with Crippen LogP contribution in [0.1, 0.15) is 18.1 Å². The summed E-state index contributed by atoms with van der Waals surface area (Å²) in [4.78, 5) is 37.6. The van der Waals surface area contributed by atoms with Gasteiger partial charge in [0.1, 0.15) is 23.0 Å². The van der Waals surface area contributed by atoms with Crippen molar-refractivity contribution in [2.24, 2.45) is 0 Å². The van der Waals surface area contributed by atoms with E-state index in [4.69, 9.17) is 8.92 Å². The number of nitrogens with zero attached hydrogens (tertiary/aromatic N) is 1. The number of ether oxygens (including phenoxy) is 1. The van der Waals surface area contributed by atoms with E-state index in [-0.39, 0.29) is 34.6 Å². The van der Waals surface area contributed by atoms with Gasteiger partial charge in [-0.05, 0) is 78.9 Å². The monoisotopic (exact) mass is 552 g/mol. The summed E-state index contributed by atoms with van der Waals surface area (Å²) in [6.07, 6.45) is 1.51. The summed E-state index contributed by atoms with van der Waals surface area (Å²) >= 11 is 0.800. The van der Waals surface area contributed by atoms with E-state index in [9.17, 15) is 22.8 Å². The van der Waals surface area contributed by atoms with E-state index < -0.39 is 21.3 Å². The molecule has 1 aliphatic heterocycles. The molecule has 9 nitrogen and oxygen atoms in total. The van der Waals surface area contributed by atoms with Crippen LogP contribution in [0.3, 0.4) is 0 Å². The molecule has 0 aliphatic carbocycles. The molecule has 0 spiro atoms. The van der Waals surface area contributed by atoms with Gasteiger partial charge in [0, 0.05) is 12.6 Å². The molecule has 0 unspecified atom stereocenters. The van der Waals surface area contributed by atoms with Gasteiger partial charge in [-0.2, -0.15) is 8.42 Å². The lowest BCUT2D eigenvalue weighted by atomic mass is 10.2. The average molecular weight is 553 g/mol. The number of hydrogen-bond acceptors (Lipinski definition) is 8. The van der Waals surface area contributed by atoms with E-state index in [1.54, 1.807) is 12.1 Å². The molecule has 38 heavy (non-hydrogen) atoms. The summed E-state index contributed by atoms with van der Waals surface area (Å²) < 4.78 is 36.3. The van der Waals surface area contributed by atoms with E-state index in [1.807, 2.05) is 31.2 Å². The first-order valence-electron chi connectivity index (χ1n) is 11.5. The standard InChI is InChI=1S/C27H24N2O7S2/c1-18-6-10-22(11-7-18)35-15-14-29-26(31)25(37-27(29)32)17-20-4-3-5-23(16-20)36-38(33,34)24-12-8-21(9-13-24)28-19(2)30/h3-13,16-17H,14-15H2,1-2H3,(H,28,30)/b25-17-. The molecule has 1 N–H and O–H groups in total. The minimum atomic E-state index is -4.15. The number of carbonyl (C=O) groups excluding carboxylic acids is 3. The Balaban J connectivity index is 1.41. The third-order valence-electron chi connectivity index (χ3n) is 5.30. The van der Waals surface area contributed by atoms with Gasteiger partial charge in [0.15, 0.2) is 0 Å². The first-order valence-corrected chi connectivity index (χ1v) is 13.7. The Hall–Kier alpha value is -4.09. The SMILES string of the molecule is CC(=O)Nc1ccc(S(=O)(=O)Oc2cccc(/C=C3\SC(=O)N(CCOc4ccc(C)cc4)C3=O)c2)cc1. The largest absolute Gasteiger partial charge is 0.492 e. The lowest BCUT2D eigenvalue weighted by molar-refractivity contribution is -0.123. The Kier molecular flexibility index (Phi) is 8.18. The third kappa shape index (κ3) is 6.81. The van der Waals surface area contributed by atoms with Gasteiger partial charge in [0.2, 0.25) is 5.91 Å². The number of imide groups is 1. The number of anilines is 1. The summed E-state index contributed by atoms with van der Waals surface area (Å²) in [7, 11) is -4.15. The van der Waals surface area contributed by atoms with Crippen LogP contribution < -0.4 is 14.2 Å². The summed E-state index contributed by atoms with van der Waals surface area (Å²) in [5.41, 5.74) is 2.03. The van der Waals surface area contributed by atoms with E-state index in [2.05, 4.69) is 5.32 Å². The van der Waals surface area contributed by atoms with Crippen molar-refractivity contribution in [2.75, 3.05) is 18.5 Å². The molecule has 3 amide bonds. The first kappa shape index (κ1) is 27.0. The maximum atomic E-state index is 12.8. The van der Waals surface area contributed by atoms with Crippen molar-refractivity contribution in [3.05, 3.63) is 88.8 Å². The van der Waals surface area contributed by atoms with Gasteiger partial charge in [-0.1, -0.05) is 29.8 Å². The van der Waals surface area contributed by atoms with E-state index in [1.165, 1.54) is 49.4 Å². The van der Waals surface area contributed by atoms with Gasteiger partial charge in [-0.15, -0.1) is 0 Å². The Bertz CT molecular complexity index is 1500. The predicted molar refractivity (Wildman–Crippen MR) is 144 cm³/mol. The summed E-state index contributed by atoms with van der Waals surface area (Å²) in [5.74, 6) is -0.0447. The Morgan fingerprint density at radius 1 is 1.00 bits per heavy atom. The molecule has 1 aliphatic rings. The number of carbonyl (C=O) groups is 3. The number of hydrogen-bond donors (Lipinski definition) is 1. The molecule has 1 heterocycles. The number of aryl methyl sites for hydroxylation is 1. The zero-order valence-corrected chi connectivity index (χ0v) is 22.2. The summed E-state index contributed by atoms with van der Waals surface area (Å²) in [6, 6.07) is 19.2. The number of rotatable bonds is 9. The summed E-state index contributed by atoms with van der Waals surface area (Å²) in [5, 5.41) is 2.15. The highest BCUT2D eigenvalue weighted by Crippen LogP contribution is 2.33. The number of nitrogens with one attached hydrogen (secondary N) is 1. The van der Waals surface area contributed by atoms with Crippen molar-refractivity contribution >= 4 is 50.7 Å². The van der Waals surface area contributed by atoms with Crippen molar-refractivity contribution in [1.82, 2.24) is 4.90 Å². The van der Waals surface area contributed by atoms with Crippen LogP contribution in [0, 0.1) is 6.92 Å². The second-order valence-corrected chi connectivity index (χ2v) is 10.8. The van der Waals surface area contributed by atoms with E-state index in [0.717, 1.165) is 22.2 Å². The van der Waals surface area contributed by atoms with Gasteiger partial charge in [-0.25, -0.2) is 0 Å². The van der Waals surface area contributed by atoms with Crippen LogP contribution in [0.25, 0.3) is 6.08 Å². The molecule has 196 valence electrons. The number of thioether (sulfide) groups is 1. The van der Waals surface area contributed by atoms with Crippen LogP contribution in [0.4, 0.5) is 10.5 Å². The molecule has 0 saturated carbocycles. The Morgan fingerprint density at radius 2 is 1.71 bits per heavy atom. The molecule has 1 fully saturated rings. The second kappa shape index (κ2) is 11.5. The molecule has 3 aromatic carbocycles. The zero-order valence-electron chi connectivity index (χ0n) is 20.5. The molecular weight excluding hydrogens is 528 g/mol. The fourth-order valence-electron chi connectivity index (χ4n) is 3.47. The van der Waals surface area contributed by atoms with Crippen molar-refractivity contribution in [3.63, 3.8) is 0 Å². The summed E-state index contributed by atoms with van der Waals surface area (Å²) in [6.45, 7) is 3.56. The quantitative estimate of drug-likeness (QED) is 0.296. The fourth-order valence-corrected chi connectivity index (χ4v) is 5.26. The third-order valence-corrected chi connectivity index (χ3v) is 7.47. The zero-order chi connectivity index (χ0) is 27.3. The van der Waals surface area contributed by atoms with E-state index in [0.29, 0.717) is 17.0 Å². The van der Waals surface area contributed by atoms with Crippen molar-refractivity contribution in [1.29, 1.82) is 0 Å². The lowest BCUT2D eigenvalue weighted by Crippen LogP contribution is -2.32. The van der Waals surface area contributed by atoms with Crippen molar-refractivity contribution in [3.8, 4) is 11.5 Å². The van der Waals surface area contributed by atoms with Crippen LogP contribution in [0.2, 0.25) is 0 Å². The Labute approximate surface area is 224 Å². The van der Waals surface area contributed by atoms with Gasteiger partial charge < -0.3 is 14.2 Å². The molecular formula is C27H24N2O7S2.